The van der Waals surface area contributed by atoms with Crippen molar-refractivity contribution in [2.75, 3.05) is 13.7 Å². The molecule has 0 spiro atoms. The van der Waals surface area contributed by atoms with Crippen molar-refractivity contribution in [1.82, 2.24) is 30.5 Å². The number of ether oxygens (including phenoxy) is 3. The van der Waals surface area contributed by atoms with Crippen LogP contribution in [0.4, 0.5) is 0 Å². The Kier molecular flexibility index (Phi) is 7.19. The van der Waals surface area contributed by atoms with Crippen LogP contribution in [0.1, 0.15) is 22.8 Å². The second-order valence-corrected chi connectivity index (χ2v) is 7.36. The molecule has 1 amide bonds. The Morgan fingerprint density at radius 2 is 1.91 bits per heavy atom. The average Bonchev–Trinajstić information content (AvgIpc) is 3.39. The second-order valence-electron chi connectivity index (χ2n) is 6.95. The minimum atomic E-state index is -0.354. The highest BCUT2D eigenvalue weighted by atomic mass is 35.5. The van der Waals surface area contributed by atoms with Crippen LogP contribution >= 0.6 is 11.6 Å². The molecule has 34 heavy (non-hydrogen) atoms. The third-order valence-corrected chi connectivity index (χ3v) is 5.02. The van der Waals surface area contributed by atoms with Gasteiger partial charge in [-0.25, -0.2) is 4.98 Å². The van der Waals surface area contributed by atoms with Crippen LogP contribution in [0, 0.1) is 0 Å². The van der Waals surface area contributed by atoms with Gasteiger partial charge in [-0.2, -0.15) is 4.68 Å². The number of hydrogen-bond acceptors (Lipinski definition) is 8. The van der Waals surface area contributed by atoms with Gasteiger partial charge >= 0.3 is 0 Å². The molecule has 2 aromatic heterocycles. The molecule has 1 N–H and O–H groups in total. The summed E-state index contributed by atoms with van der Waals surface area (Å²) in [6, 6.07) is 13.9. The van der Waals surface area contributed by atoms with Crippen LogP contribution in [0.3, 0.4) is 0 Å². The highest BCUT2D eigenvalue weighted by molar-refractivity contribution is 6.33. The Morgan fingerprint density at radius 3 is 2.62 bits per heavy atom. The molecule has 4 rings (SSSR count). The number of carbonyl (C=O) groups is 1. The summed E-state index contributed by atoms with van der Waals surface area (Å²) in [5, 5.41) is 14.2. The van der Waals surface area contributed by atoms with Gasteiger partial charge in [0.25, 0.3) is 5.91 Å². The molecule has 11 heteroatoms. The van der Waals surface area contributed by atoms with Crippen LogP contribution < -0.4 is 19.5 Å². The summed E-state index contributed by atoms with van der Waals surface area (Å²) in [4.78, 5) is 17.1. The lowest BCUT2D eigenvalue weighted by atomic mass is 10.1. The maximum Gasteiger partial charge on any atom is 0.255 e. The van der Waals surface area contributed by atoms with Gasteiger partial charge in [-0.1, -0.05) is 11.6 Å². The number of pyridine rings is 1. The highest BCUT2D eigenvalue weighted by Crippen LogP contribution is 2.29. The van der Waals surface area contributed by atoms with E-state index in [1.165, 1.54) is 24.2 Å². The summed E-state index contributed by atoms with van der Waals surface area (Å²) in [5.41, 5.74) is 1.58. The lowest BCUT2D eigenvalue weighted by Crippen LogP contribution is -2.23. The number of nitrogens with zero attached hydrogens (tertiary/aromatic N) is 5. The molecule has 4 aromatic rings. The third kappa shape index (κ3) is 5.41. The Balaban J connectivity index is 1.43. The van der Waals surface area contributed by atoms with E-state index in [4.69, 9.17) is 25.8 Å². The van der Waals surface area contributed by atoms with Crippen LogP contribution in [0.2, 0.25) is 5.02 Å². The van der Waals surface area contributed by atoms with Crippen molar-refractivity contribution in [3.8, 4) is 28.8 Å². The molecule has 0 unspecified atom stereocenters. The summed E-state index contributed by atoms with van der Waals surface area (Å²) in [6.45, 7) is 2.77. The van der Waals surface area contributed by atoms with Gasteiger partial charge < -0.3 is 19.5 Å². The zero-order valence-corrected chi connectivity index (χ0v) is 19.2. The summed E-state index contributed by atoms with van der Waals surface area (Å²) in [6.07, 6.45) is 3.01. The summed E-state index contributed by atoms with van der Waals surface area (Å²) < 4.78 is 18.0. The van der Waals surface area contributed by atoms with Crippen molar-refractivity contribution >= 4 is 17.5 Å². The first-order valence-corrected chi connectivity index (χ1v) is 10.7. The van der Waals surface area contributed by atoms with Crippen molar-refractivity contribution in [3.63, 3.8) is 0 Å². The molecule has 2 heterocycles. The molecule has 0 saturated heterocycles. The first-order chi connectivity index (χ1) is 16.6. The van der Waals surface area contributed by atoms with E-state index in [-0.39, 0.29) is 18.0 Å². The van der Waals surface area contributed by atoms with Crippen LogP contribution in [0.15, 0.2) is 61.1 Å². The van der Waals surface area contributed by atoms with Crippen LogP contribution in [0.5, 0.6) is 23.1 Å². The lowest BCUT2D eigenvalue weighted by Gasteiger charge is -2.13. The van der Waals surface area contributed by atoms with Gasteiger partial charge in [0.05, 0.1) is 30.0 Å². The van der Waals surface area contributed by atoms with Gasteiger partial charge in [0, 0.05) is 24.9 Å². The Morgan fingerprint density at radius 1 is 1.12 bits per heavy atom. The van der Waals surface area contributed by atoms with Crippen molar-refractivity contribution in [3.05, 3.63) is 77.2 Å². The largest absolute Gasteiger partial charge is 0.496 e. The van der Waals surface area contributed by atoms with E-state index in [1.54, 1.807) is 36.5 Å². The first-order valence-electron chi connectivity index (χ1n) is 10.3. The Bertz CT molecular complexity index is 1270. The standard InChI is InChI=1S/C23H21ClN6O4/c1-3-33-16-4-6-17(7-5-16)34-22-10-15(8-9-25-22)13-26-23(31)18-11-19(24)20(12-21(18)32-2)30-14-27-28-29-30/h4-12,14H,3,13H2,1-2H3,(H,26,31). The van der Waals surface area contributed by atoms with E-state index < -0.39 is 0 Å². The molecule has 0 bridgehead atoms. The van der Waals surface area contributed by atoms with Crippen LogP contribution in [0.25, 0.3) is 5.69 Å². The van der Waals surface area contributed by atoms with E-state index in [0.717, 1.165) is 11.3 Å². The molecule has 0 aliphatic rings. The fraction of sp³-hybridized carbons (Fsp3) is 0.174. The molecule has 174 valence electrons. The molecule has 0 aliphatic carbocycles. The second kappa shape index (κ2) is 10.6. The summed E-state index contributed by atoms with van der Waals surface area (Å²) >= 11 is 6.35. The molecule has 0 saturated carbocycles. The number of benzene rings is 2. The molecule has 0 aliphatic heterocycles. The summed E-state index contributed by atoms with van der Waals surface area (Å²) in [5.74, 6) is 1.77. The van der Waals surface area contributed by atoms with Crippen molar-refractivity contribution in [2.24, 2.45) is 0 Å². The molecule has 0 radical (unpaired) electrons. The number of halogens is 1. The van der Waals surface area contributed by atoms with E-state index in [9.17, 15) is 4.79 Å². The zero-order valence-electron chi connectivity index (χ0n) is 18.4. The fourth-order valence-corrected chi connectivity index (χ4v) is 3.37. The monoisotopic (exact) mass is 480 g/mol. The van der Waals surface area contributed by atoms with Crippen molar-refractivity contribution in [2.45, 2.75) is 13.5 Å². The SMILES string of the molecule is CCOc1ccc(Oc2cc(CNC(=O)c3cc(Cl)c(-n4cnnn4)cc3OC)ccn2)cc1. The predicted octanol–water partition coefficient (Wildman–Crippen LogP) is 3.84. The van der Waals surface area contributed by atoms with Gasteiger partial charge in [0.1, 0.15) is 23.6 Å². The minimum Gasteiger partial charge on any atom is -0.496 e. The minimum absolute atomic E-state index is 0.247. The normalized spacial score (nSPS) is 10.6. The zero-order chi connectivity index (χ0) is 23.9. The topological polar surface area (TPSA) is 113 Å². The smallest absolute Gasteiger partial charge is 0.255 e. The summed E-state index contributed by atoms with van der Waals surface area (Å²) in [7, 11) is 1.47. The Hall–Kier alpha value is -4.18. The number of carbonyl (C=O) groups excluding carboxylic acids is 1. The third-order valence-electron chi connectivity index (χ3n) is 4.72. The van der Waals surface area contributed by atoms with Gasteiger partial charge in [0.2, 0.25) is 5.88 Å². The molecule has 10 nitrogen and oxygen atoms in total. The molecular formula is C23H21ClN6O4. The molecule has 2 aromatic carbocycles. The average molecular weight is 481 g/mol. The number of aromatic nitrogens is 5. The first kappa shape index (κ1) is 23.0. The quantitative estimate of drug-likeness (QED) is 0.384. The van der Waals surface area contributed by atoms with E-state index in [0.29, 0.717) is 34.7 Å². The van der Waals surface area contributed by atoms with Crippen LogP contribution in [-0.2, 0) is 6.54 Å². The maximum absolute atomic E-state index is 12.9. The number of hydrogen-bond donors (Lipinski definition) is 1. The van der Waals surface area contributed by atoms with Crippen molar-refractivity contribution in [1.29, 1.82) is 0 Å². The highest BCUT2D eigenvalue weighted by Gasteiger charge is 2.17. The van der Waals surface area contributed by atoms with E-state index in [1.807, 2.05) is 19.1 Å². The van der Waals surface area contributed by atoms with Gasteiger partial charge in [-0.05, 0) is 59.3 Å². The van der Waals surface area contributed by atoms with Gasteiger partial charge in [-0.15, -0.1) is 5.10 Å². The van der Waals surface area contributed by atoms with E-state index >= 15 is 0 Å². The lowest BCUT2D eigenvalue weighted by molar-refractivity contribution is 0.0948. The Labute approximate surface area is 200 Å². The number of rotatable bonds is 9. The molecule has 0 fully saturated rings. The molecule has 0 atom stereocenters. The number of tetrazole rings is 1. The predicted molar refractivity (Wildman–Crippen MR) is 124 cm³/mol. The molecular weight excluding hydrogens is 460 g/mol. The van der Waals surface area contributed by atoms with Gasteiger partial charge in [-0.3, -0.25) is 4.79 Å². The number of nitrogens with one attached hydrogen (secondary N) is 1. The number of methoxy groups -OCH3 is 1. The van der Waals surface area contributed by atoms with Crippen LogP contribution in [-0.4, -0.2) is 44.8 Å². The number of amides is 1. The van der Waals surface area contributed by atoms with E-state index in [2.05, 4.69) is 25.8 Å². The van der Waals surface area contributed by atoms with Crippen molar-refractivity contribution < 1.29 is 19.0 Å². The van der Waals surface area contributed by atoms with Gasteiger partial charge in [0.15, 0.2) is 0 Å². The fourth-order valence-electron chi connectivity index (χ4n) is 3.12. The maximum atomic E-state index is 12.9.